The molecule has 16 heteroatoms. The first kappa shape index (κ1) is 23.4. The molecule has 0 aliphatic carbocycles. The highest BCUT2D eigenvalue weighted by Crippen LogP contribution is 2.40. The van der Waals surface area contributed by atoms with Crippen molar-refractivity contribution in [2.24, 2.45) is 16.0 Å². The van der Waals surface area contributed by atoms with Crippen molar-refractivity contribution in [1.29, 1.82) is 0 Å². The van der Waals surface area contributed by atoms with Crippen molar-refractivity contribution in [2.75, 3.05) is 25.6 Å². The van der Waals surface area contributed by atoms with Gasteiger partial charge in [-0.25, -0.2) is 9.78 Å². The molecule has 1 unspecified atom stereocenters. The number of β-lactam (4-membered cyclic amide) rings is 1. The summed E-state index contributed by atoms with van der Waals surface area (Å²) in [6.45, 7) is 0. The predicted molar refractivity (Wildman–Crippen MR) is 123 cm³/mol. The number of aromatic nitrogens is 1. The zero-order valence-corrected chi connectivity index (χ0v) is 19.1. The van der Waals surface area contributed by atoms with Gasteiger partial charge >= 0.3 is 5.97 Å². The number of nitrogens with zero attached hydrogens (tertiary/aromatic N) is 4. The Morgan fingerprint density at radius 3 is 2.69 bits per heavy atom. The Labute approximate surface area is 194 Å². The molecule has 13 nitrogen and oxygen atoms in total. The maximum Gasteiger partial charge on any atom is 0.353 e. The third-order valence-electron chi connectivity index (χ3n) is 4.36. The summed E-state index contributed by atoms with van der Waals surface area (Å²) in [7, 11) is 2.77. The van der Waals surface area contributed by atoms with Crippen molar-refractivity contribution in [2.45, 2.75) is 11.4 Å². The number of thiazole rings is 1. The lowest BCUT2D eigenvalue weighted by atomic mass is 10.0. The normalized spacial score (nSPS) is 20.9. The zero-order chi connectivity index (χ0) is 23.6. The third kappa shape index (κ3) is 4.23. The van der Waals surface area contributed by atoms with Gasteiger partial charge in [-0.1, -0.05) is 17.4 Å². The predicted octanol–water partition coefficient (Wildman–Crippen LogP) is -1.32. The van der Waals surface area contributed by atoms with E-state index in [1.807, 2.05) is 0 Å². The second-order valence-corrected chi connectivity index (χ2v) is 8.67. The molecule has 2 atom stereocenters. The average Bonchev–Trinajstić information content (AvgIpc) is 3.18. The largest absolute Gasteiger partial charge is 0.477 e. The molecule has 0 bridgehead atoms. The van der Waals surface area contributed by atoms with Gasteiger partial charge in [0.05, 0.1) is 0 Å². The van der Waals surface area contributed by atoms with Crippen LogP contribution < -0.4 is 22.2 Å². The number of anilines is 1. The lowest BCUT2D eigenvalue weighted by Gasteiger charge is -2.49. The van der Waals surface area contributed by atoms with Gasteiger partial charge in [-0.15, -0.1) is 23.1 Å². The number of carbonyl (C=O) groups is 3. The summed E-state index contributed by atoms with van der Waals surface area (Å²) < 4.78 is 0. The number of oxime groups is 1. The second kappa shape index (κ2) is 9.49. The van der Waals surface area contributed by atoms with Gasteiger partial charge in [0.15, 0.2) is 10.8 Å². The van der Waals surface area contributed by atoms with Gasteiger partial charge < -0.3 is 32.2 Å². The maximum absolute atomic E-state index is 12.8. The summed E-state index contributed by atoms with van der Waals surface area (Å²) in [6, 6.07) is -0.990. The number of thiocarbonyl (C=S) groups is 1. The number of hydrogen-bond acceptors (Lipinski definition) is 12. The van der Waals surface area contributed by atoms with E-state index in [-0.39, 0.29) is 44.3 Å². The lowest BCUT2D eigenvalue weighted by Crippen LogP contribution is -2.71. The number of aliphatic carboxylic acids is 1. The Kier molecular flexibility index (Phi) is 6.95. The molecule has 0 saturated carbocycles. The number of carboxylic acids is 1. The molecular formula is C16H18N8O5S3. The molecule has 2 aliphatic rings. The molecule has 1 saturated heterocycles. The number of hydrazone groups is 1. The van der Waals surface area contributed by atoms with Crippen LogP contribution >= 0.6 is 35.3 Å². The number of amides is 2. The maximum atomic E-state index is 12.8. The SMILES string of the molecule is CNN=C(C(N)=S)C1=C(C(=O)O)N2C(=O)C(NC(=O)/C(=N\OC)c3csc(N)n3)[C@H]2SC1. The number of carboxylic acid groups (broad SMARTS) is 1. The molecule has 1 aromatic rings. The lowest BCUT2D eigenvalue weighted by molar-refractivity contribution is -0.150. The van der Waals surface area contributed by atoms with Crippen LogP contribution in [0.3, 0.4) is 0 Å². The number of nitrogen functional groups attached to an aromatic ring is 1. The molecule has 3 rings (SSSR count). The van der Waals surface area contributed by atoms with Crippen LogP contribution in [0.25, 0.3) is 0 Å². The molecule has 0 spiro atoms. The summed E-state index contributed by atoms with van der Waals surface area (Å²) in [6.07, 6.45) is 0. The summed E-state index contributed by atoms with van der Waals surface area (Å²) in [4.78, 5) is 47.2. The van der Waals surface area contributed by atoms with Gasteiger partial charge in [0.2, 0.25) is 0 Å². The van der Waals surface area contributed by atoms with E-state index in [0.29, 0.717) is 0 Å². The van der Waals surface area contributed by atoms with Crippen molar-refractivity contribution >= 4 is 74.6 Å². The minimum Gasteiger partial charge on any atom is -0.477 e. The minimum atomic E-state index is -1.34. The summed E-state index contributed by atoms with van der Waals surface area (Å²) in [5.74, 6) is -2.53. The molecule has 1 fully saturated rings. The monoisotopic (exact) mass is 498 g/mol. The molecule has 2 amide bonds. The molecule has 170 valence electrons. The fourth-order valence-electron chi connectivity index (χ4n) is 3.09. The summed E-state index contributed by atoms with van der Waals surface area (Å²) in [5.41, 5.74) is 13.8. The van der Waals surface area contributed by atoms with Crippen molar-refractivity contribution < 1.29 is 24.3 Å². The van der Waals surface area contributed by atoms with E-state index >= 15 is 0 Å². The van der Waals surface area contributed by atoms with Crippen LogP contribution in [0.5, 0.6) is 0 Å². The standard InChI is InChI=1S/C16H18N8O5S3/c1-19-22-7(11(17)30)5-3-31-14-9(13(26)24(14)10(5)15(27)28)21-12(25)8(23-29-2)6-4-32-16(18)20-6/h4,9,14,19H,3H2,1-2H3,(H2,17,30)(H2,18,20)(H,21,25)(H,27,28)/b22-7?,23-8-/t9?,14-/m1/s1. The number of carbonyl (C=O) groups excluding carboxylic acids is 2. The fourth-order valence-corrected chi connectivity index (χ4v) is 5.15. The number of rotatable bonds is 8. The first-order valence-corrected chi connectivity index (χ1v) is 11.1. The molecule has 1 aromatic heterocycles. The van der Waals surface area contributed by atoms with Crippen molar-refractivity contribution in [3.8, 4) is 0 Å². The first-order valence-electron chi connectivity index (χ1n) is 8.80. The van der Waals surface area contributed by atoms with Gasteiger partial charge in [-0.05, 0) is 0 Å². The topological polar surface area (TPSA) is 198 Å². The van der Waals surface area contributed by atoms with Crippen LogP contribution in [-0.4, -0.2) is 80.5 Å². The highest BCUT2D eigenvalue weighted by Gasteiger charge is 2.55. The van der Waals surface area contributed by atoms with Gasteiger partial charge in [-0.3, -0.25) is 14.5 Å². The van der Waals surface area contributed by atoms with E-state index in [1.54, 1.807) is 0 Å². The van der Waals surface area contributed by atoms with Crippen LogP contribution in [0.1, 0.15) is 5.69 Å². The second-order valence-electron chi connectivity index (χ2n) is 6.23. The van der Waals surface area contributed by atoms with E-state index in [9.17, 15) is 19.5 Å². The molecule has 7 N–H and O–H groups in total. The van der Waals surface area contributed by atoms with Crippen LogP contribution in [0.15, 0.2) is 26.9 Å². The van der Waals surface area contributed by atoms with Crippen LogP contribution in [-0.2, 0) is 19.2 Å². The van der Waals surface area contributed by atoms with Gasteiger partial charge in [0.25, 0.3) is 11.8 Å². The van der Waals surface area contributed by atoms with E-state index in [0.717, 1.165) is 16.2 Å². The van der Waals surface area contributed by atoms with Crippen LogP contribution in [0.2, 0.25) is 0 Å². The Hall–Kier alpha value is -3.24. The van der Waals surface area contributed by atoms with E-state index in [2.05, 4.69) is 26.0 Å². The highest BCUT2D eigenvalue weighted by atomic mass is 32.2. The fraction of sp³-hybridized carbons (Fsp3) is 0.312. The minimum absolute atomic E-state index is 0.0711. The molecular weight excluding hydrogens is 480 g/mol. The van der Waals surface area contributed by atoms with Crippen LogP contribution in [0, 0.1) is 0 Å². The number of hydrogen-bond donors (Lipinski definition) is 5. The van der Waals surface area contributed by atoms with Gasteiger partial charge in [-0.2, -0.15) is 5.10 Å². The van der Waals surface area contributed by atoms with Gasteiger partial charge in [0.1, 0.15) is 40.6 Å². The quantitative estimate of drug-likeness (QED) is 0.123. The smallest absolute Gasteiger partial charge is 0.353 e. The Morgan fingerprint density at radius 2 is 2.16 bits per heavy atom. The Bertz CT molecular complexity index is 1080. The summed E-state index contributed by atoms with van der Waals surface area (Å²) in [5, 5.41) is 21.0. The van der Waals surface area contributed by atoms with E-state index < -0.39 is 29.2 Å². The number of thioether (sulfide) groups is 1. The zero-order valence-electron chi connectivity index (χ0n) is 16.7. The van der Waals surface area contributed by atoms with Gasteiger partial charge in [0, 0.05) is 23.8 Å². The first-order chi connectivity index (χ1) is 15.2. The van der Waals surface area contributed by atoms with Crippen LogP contribution in [0.4, 0.5) is 5.13 Å². The summed E-state index contributed by atoms with van der Waals surface area (Å²) >= 11 is 7.31. The molecule has 3 heterocycles. The third-order valence-corrected chi connectivity index (χ3v) is 6.51. The number of fused-ring (bicyclic) bond motifs is 1. The Morgan fingerprint density at radius 1 is 1.44 bits per heavy atom. The van der Waals surface area contributed by atoms with E-state index in [1.165, 1.54) is 31.3 Å². The molecule has 2 aliphatic heterocycles. The van der Waals surface area contributed by atoms with Crippen molar-refractivity contribution in [3.63, 3.8) is 0 Å². The molecule has 0 radical (unpaired) electrons. The van der Waals surface area contributed by atoms with Crippen molar-refractivity contribution in [3.05, 3.63) is 22.3 Å². The highest BCUT2D eigenvalue weighted by molar-refractivity contribution is 8.00. The number of nitrogens with two attached hydrogens (primary N) is 2. The van der Waals surface area contributed by atoms with E-state index in [4.69, 9.17) is 28.5 Å². The van der Waals surface area contributed by atoms with Crippen molar-refractivity contribution in [1.82, 2.24) is 20.6 Å². The molecule has 0 aromatic carbocycles. The molecule has 32 heavy (non-hydrogen) atoms. The number of nitrogens with one attached hydrogen (secondary N) is 2. The average molecular weight is 499 g/mol. The Balaban J connectivity index is 1.87.